The first-order valence-electron chi connectivity index (χ1n) is 5.91. The lowest BCUT2D eigenvalue weighted by Gasteiger charge is -2.19. The Bertz CT molecular complexity index is 493. The first kappa shape index (κ1) is 16.1. The Kier molecular flexibility index (Phi) is 4.52. The fraction of sp³-hybridized carbons (Fsp3) is 0.462. The van der Waals surface area contributed by atoms with Gasteiger partial charge in [0.2, 0.25) is 0 Å². The van der Waals surface area contributed by atoms with E-state index in [0.717, 1.165) is 12.1 Å². The minimum atomic E-state index is -4.82. The van der Waals surface area contributed by atoms with Crippen molar-refractivity contribution in [3.8, 4) is 5.75 Å². The molecule has 0 aliphatic heterocycles. The van der Waals surface area contributed by atoms with Crippen LogP contribution in [0.5, 0.6) is 5.75 Å². The van der Waals surface area contributed by atoms with E-state index in [0.29, 0.717) is 6.54 Å². The molecular weight excluding hydrogens is 273 g/mol. The third-order valence-corrected chi connectivity index (χ3v) is 2.28. The van der Waals surface area contributed by atoms with Crippen molar-refractivity contribution in [2.24, 2.45) is 5.41 Å². The third kappa shape index (κ3) is 5.38. The van der Waals surface area contributed by atoms with Crippen molar-refractivity contribution in [2.45, 2.75) is 27.1 Å². The van der Waals surface area contributed by atoms with Gasteiger partial charge in [0.25, 0.3) is 5.91 Å². The van der Waals surface area contributed by atoms with E-state index in [4.69, 9.17) is 5.73 Å². The highest BCUT2D eigenvalue weighted by atomic mass is 19.4. The van der Waals surface area contributed by atoms with Crippen LogP contribution in [0.4, 0.5) is 18.9 Å². The topological polar surface area (TPSA) is 64.3 Å². The maximum absolute atomic E-state index is 12.1. The number of nitrogens with one attached hydrogen (secondary N) is 1. The minimum absolute atomic E-state index is 0.0967. The molecule has 0 heterocycles. The van der Waals surface area contributed by atoms with E-state index in [9.17, 15) is 18.0 Å². The Morgan fingerprint density at radius 3 is 2.35 bits per heavy atom. The molecule has 0 unspecified atom stereocenters. The van der Waals surface area contributed by atoms with Crippen molar-refractivity contribution < 1.29 is 22.7 Å². The monoisotopic (exact) mass is 290 g/mol. The molecule has 0 saturated carbocycles. The lowest BCUT2D eigenvalue weighted by atomic mass is 9.97. The van der Waals surface area contributed by atoms with Crippen LogP contribution in [-0.2, 0) is 0 Å². The predicted molar refractivity (Wildman–Crippen MR) is 69.3 cm³/mol. The molecule has 3 N–H and O–H groups in total. The summed E-state index contributed by atoms with van der Waals surface area (Å²) in [6, 6.07) is 3.41. The summed E-state index contributed by atoms with van der Waals surface area (Å²) in [5.41, 5.74) is 5.28. The molecule has 1 aromatic carbocycles. The normalized spacial score (nSPS) is 12.1. The average Bonchev–Trinajstić information content (AvgIpc) is 2.26. The molecule has 1 aromatic rings. The van der Waals surface area contributed by atoms with Gasteiger partial charge in [0, 0.05) is 12.1 Å². The van der Waals surface area contributed by atoms with Crippen LogP contribution in [0.3, 0.4) is 0 Å². The molecule has 0 radical (unpaired) electrons. The minimum Gasteiger partial charge on any atom is -0.404 e. The molecule has 0 aliphatic rings. The van der Waals surface area contributed by atoms with E-state index in [1.54, 1.807) is 0 Å². The Morgan fingerprint density at radius 2 is 1.90 bits per heavy atom. The van der Waals surface area contributed by atoms with Gasteiger partial charge in [0.1, 0.15) is 0 Å². The number of carbonyl (C=O) groups is 1. The summed E-state index contributed by atoms with van der Waals surface area (Å²) >= 11 is 0. The Hall–Kier alpha value is -1.92. The number of ether oxygens (including phenoxy) is 1. The number of amides is 1. The maximum atomic E-state index is 12.1. The molecule has 4 nitrogen and oxygen atoms in total. The number of halogens is 3. The standard InChI is InChI=1S/C13H17F3N2O2/c1-12(2,3)7-18-11(19)8-4-5-10(9(17)6-8)20-13(14,15)16/h4-6H,7,17H2,1-3H3,(H,18,19). The second-order valence-electron chi connectivity index (χ2n) is 5.54. The molecule has 0 spiro atoms. The molecule has 1 rings (SSSR count). The van der Waals surface area contributed by atoms with Crippen molar-refractivity contribution in [2.75, 3.05) is 12.3 Å². The van der Waals surface area contributed by atoms with Gasteiger partial charge in [-0.3, -0.25) is 4.79 Å². The van der Waals surface area contributed by atoms with Gasteiger partial charge < -0.3 is 15.8 Å². The van der Waals surface area contributed by atoms with Crippen LogP contribution in [0.15, 0.2) is 18.2 Å². The van der Waals surface area contributed by atoms with Crippen LogP contribution in [0.2, 0.25) is 0 Å². The van der Waals surface area contributed by atoms with Gasteiger partial charge >= 0.3 is 6.36 Å². The van der Waals surface area contributed by atoms with Crippen molar-refractivity contribution in [1.29, 1.82) is 0 Å². The first-order valence-corrected chi connectivity index (χ1v) is 5.91. The van der Waals surface area contributed by atoms with Crippen LogP contribution in [0.25, 0.3) is 0 Å². The van der Waals surface area contributed by atoms with Gasteiger partial charge in [-0.25, -0.2) is 0 Å². The number of anilines is 1. The summed E-state index contributed by atoms with van der Waals surface area (Å²) in [6.45, 7) is 6.28. The number of benzene rings is 1. The SMILES string of the molecule is CC(C)(C)CNC(=O)c1ccc(OC(F)(F)F)c(N)c1. The van der Waals surface area contributed by atoms with E-state index in [1.807, 2.05) is 20.8 Å². The average molecular weight is 290 g/mol. The predicted octanol–water partition coefficient (Wildman–Crippen LogP) is 2.94. The van der Waals surface area contributed by atoms with E-state index in [-0.39, 0.29) is 16.7 Å². The first-order chi connectivity index (χ1) is 8.98. The zero-order valence-electron chi connectivity index (χ0n) is 11.5. The molecule has 0 saturated heterocycles. The van der Waals surface area contributed by atoms with Crippen LogP contribution >= 0.6 is 0 Å². The van der Waals surface area contributed by atoms with Crippen LogP contribution in [-0.4, -0.2) is 18.8 Å². The molecule has 0 fully saturated rings. The summed E-state index contributed by atoms with van der Waals surface area (Å²) in [5.74, 6) is -0.921. The van der Waals surface area contributed by atoms with Crippen LogP contribution in [0, 0.1) is 5.41 Å². The number of alkyl halides is 3. The number of hydrogen-bond donors (Lipinski definition) is 2. The Labute approximate surface area is 115 Å². The summed E-state index contributed by atoms with van der Waals surface area (Å²) in [5, 5.41) is 2.68. The lowest BCUT2D eigenvalue weighted by Crippen LogP contribution is -2.32. The molecule has 0 aromatic heterocycles. The van der Waals surface area contributed by atoms with E-state index < -0.39 is 18.0 Å². The zero-order valence-corrected chi connectivity index (χ0v) is 11.5. The summed E-state index contributed by atoms with van der Waals surface area (Å²) in [6.07, 6.45) is -4.82. The van der Waals surface area contributed by atoms with Crippen LogP contribution < -0.4 is 15.8 Å². The third-order valence-electron chi connectivity index (χ3n) is 2.28. The Morgan fingerprint density at radius 1 is 1.30 bits per heavy atom. The lowest BCUT2D eigenvalue weighted by molar-refractivity contribution is -0.274. The molecule has 0 bridgehead atoms. The highest BCUT2D eigenvalue weighted by Crippen LogP contribution is 2.28. The molecule has 112 valence electrons. The van der Waals surface area contributed by atoms with Crippen LogP contribution in [0.1, 0.15) is 31.1 Å². The van der Waals surface area contributed by atoms with Gasteiger partial charge in [0.15, 0.2) is 5.75 Å². The van der Waals surface area contributed by atoms with Crippen molar-refractivity contribution in [3.63, 3.8) is 0 Å². The van der Waals surface area contributed by atoms with E-state index >= 15 is 0 Å². The van der Waals surface area contributed by atoms with E-state index in [1.165, 1.54) is 6.07 Å². The highest BCUT2D eigenvalue weighted by molar-refractivity contribution is 5.95. The number of carbonyl (C=O) groups excluding carboxylic acids is 1. The fourth-order valence-electron chi connectivity index (χ4n) is 1.35. The Balaban J connectivity index is 2.79. The smallest absolute Gasteiger partial charge is 0.404 e. The summed E-state index contributed by atoms with van der Waals surface area (Å²) < 4.78 is 40.0. The summed E-state index contributed by atoms with van der Waals surface area (Å²) in [7, 11) is 0. The molecular formula is C13H17F3N2O2. The van der Waals surface area contributed by atoms with Gasteiger partial charge in [-0.15, -0.1) is 13.2 Å². The van der Waals surface area contributed by atoms with Gasteiger partial charge in [-0.05, 0) is 23.6 Å². The molecule has 20 heavy (non-hydrogen) atoms. The maximum Gasteiger partial charge on any atom is 0.573 e. The molecule has 1 amide bonds. The largest absolute Gasteiger partial charge is 0.573 e. The number of hydrogen-bond acceptors (Lipinski definition) is 3. The van der Waals surface area contributed by atoms with Gasteiger partial charge in [0.05, 0.1) is 5.69 Å². The second-order valence-corrected chi connectivity index (χ2v) is 5.54. The van der Waals surface area contributed by atoms with Gasteiger partial charge in [-0.1, -0.05) is 20.8 Å². The number of nitrogens with two attached hydrogens (primary N) is 1. The highest BCUT2D eigenvalue weighted by Gasteiger charge is 2.32. The molecule has 7 heteroatoms. The van der Waals surface area contributed by atoms with Crippen molar-refractivity contribution in [1.82, 2.24) is 5.32 Å². The molecule has 0 aliphatic carbocycles. The number of nitrogen functional groups attached to an aromatic ring is 1. The zero-order chi connectivity index (χ0) is 15.6. The van der Waals surface area contributed by atoms with Crippen molar-refractivity contribution >= 4 is 11.6 Å². The summed E-state index contributed by atoms with van der Waals surface area (Å²) in [4.78, 5) is 11.8. The fourth-order valence-corrected chi connectivity index (χ4v) is 1.35. The quantitative estimate of drug-likeness (QED) is 0.841. The number of rotatable bonds is 3. The second kappa shape index (κ2) is 5.60. The van der Waals surface area contributed by atoms with Crippen molar-refractivity contribution in [3.05, 3.63) is 23.8 Å². The van der Waals surface area contributed by atoms with Gasteiger partial charge in [-0.2, -0.15) is 0 Å². The molecule has 0 atom stereocenters. The van der Waals surface area contributed by atoms with E-state index in [2.05, 4.69) is 10.1 Å².